The van der Waals surface area contributed by atoms with E-state index in [0.717, 1.165) is 0 Å². The Balaban J connectivity index is 2.80. The van der Waals surface area contributed by atoms with Gasteiger partial charge in [-0.25, -0.2) is 4.79 Å². The predicted octanol–water partition coefficient (Wildman–Crippen LogP) is -0.377. The highest BCUT2D eigenvalue weighted by atomic mass is 16.7. The fourth-order valence-corrected chi connectivity index (χ4v) is 0. The molecule has 0 aliphatic carbocycles. The van der Waals surface area contributed by atoms with Gasteiger partial charge in [0.25, 0.3) is 0 Å². The Morgan fingerprint density at radius 2 is 2.00 bits per heavy atom. The molecule has 0 saturated carbocycles. The molecule has 1 amide bonds. The van der Waals surface area contributed by atoms with Crippen LogP contribution in [-0.2, 0) is 0 Å². The molecule has 0 fully saturated rings. The lowest BCUT2D eigenvalue weighted by atomic mass is 12.7. The summed E-state index contributed by atoms with van der Waals surface area (Å²) in [6, 6.07) is 0. The van der Waals surface area contributed by atoms with E-state index in [4.69, 9.17) is 9.90 Å². The van der Waals surface area contributed by atoms with Crippen LogP contribution in [0.1, 0.15) is 0 Å². The Labute approximate surface area is 23.0 Å². The van der Waals surface area contributed by atoms with Gasteiger partial charge in [-0.2, -0.15) is 0 Å². The fraction of sp³-hybridized carbons (Fsp3) is 0. The van der Waals surface area contributed by atoms with E-state index in [-0.39, 0.29) is 0 Å². The second-order valence-electron chi connectivity index (χ2n) is 0.338. The monoisotopic (exact) mass is 63.0 g/mol. The number of hydrogen-bond donors (Lipinski definition) is 2. The van der Waals surface area contributed by atoms with Crippen molar-refractivity contribution in [3.05, 3.63) is 0 Å². The first kappa shape index (κ1) is 3.27. The number of hydrogen-bond acceptors (Lipinski definition) is 1. The van der Waals surface area contributed by atoms with Crippen LogP contribution in [0, 0.1) is 0 Å². The largest absolute Gasteiger partial charge is 0.465 e. The molecule has 0 rings (SSSR count). The van der Waals surface area contributed by atoms with Gasteiger partial charge in [-0.05, 0) is 0 Å². The fourth-order valence-electron chi connectivity index (χ4n) is 0. The topological polar surface area (TPSA) is 63.3 Å². The molecule has 0 aromatic heterocycles. The van der Waals surface area contributed by atoms with Crippen LogP contribution in [0.2, 0.25) is 0 Å². The molecule has 4 heavy (non-hydrogen) atoms. The summed E-state index contributed by atoms with van der Waals surface area (Å²) in [6.07, 6.45) is -1.33. The van der Waals surface area contributed by atoms with Gasteiger partial charge in [0.2, 0.25) is 0 Å². The molecule has 3 N–H and O–H groups in total. The molecule has 0 aromatic rings. The molecule has 0 aromatic carbocycles. The smallest absolute Gasteiger partial charge is 0.402 e. The van der Waals surface area contributed by atoms with Gasteiger partial charge in [-0.3, -0.25) is 0 Å². The summed E-state index contributed by atoms with van der Waals surface area (Å²) in [6.45, 7) is 0. The maximum atomic E-state index is 8.78. The third-order valence-electron chi connectivity index (χ3n) is 0. The molecule has 0 unspecified atom stereocenters. The summed E-state index contributed by atoms with van der Waals surface area (Å²) < 4.78 is 0. The standard InChI is InChI=1S/CH3NO2/c2-1(3)4/h2H2,(H,3,4)/i1+2. The molecule has 0 atom stereocenters. The Hall–Kier alpha value is -0.730. The van der Waals surface area contributed by atoms with E-state index in [1.54, 1.807) is 0 Å². The van der Waals surface area contributed by atoms with Crippen LogP contribution in [0.4, 0.5) is 4.79 Å². The summed E-state index contributed by atoms with van der Waals surface area (Å²) in [5.41, 5.74) is 4.03. The maximum absolute atomic E-state index is 8.78. The van der Waals surface area contributed by atoms with Gasteiger partial charge < -0.3 is 10.8 Å². The summed E-state index contributed by atoms with van der Waals surface area (Å²) in [4.78, 5) is 8.78. The number of nitrogens with two attached hydrogens (primary N) is 1. The molecular formula is CH3NO2. The number of primary amides is 1. The first-order chi connectivity index (χ1) is 1.73. The van der Waals surface area contributed by atoms with Crippen LogP contribution in [0.3, 0.4) is 0 Å². The highest BCUT2D eigenvalue weighted by Crippen LogP contribution is 1.34. The summed E-state index contributed by atoms with van der Waals surface area (Å²) in [5.74, 6) is 0. The zero-order valence-corrected chi connectivity index (χ0v) is 1.93. The zero-order chi connectivity index (χ0) is 3.58. The molecule has 0 saturated heterocycles. The van der Waals surface area contributed by atoms with Crippen LogP contribution >= 0.6 is 0 Å². The number of amides is 1. The Morgan fingerprint density at radius 1 is 2.00 bits per heavy atom. The molecule has 0 heterocycles. The van der Waals surface area contributed by atoms with Gasteiger partial charge in [0.15, 0.2) is 0 Å². The first-order valence-electron chi connectivity index (χ1n) is 0.716. The summed E-state index contributed by atoms with van der Waals surface area (Å²) in [7, 11) is 0. The average Bonchev–Trinajstić information content (AvgIpc) is 0.811. The minimum atomic E-state index is -1.33. The normalized spacial score (nSPS) is 6.00. The number of carboxylic acid groups (broad SMARTS) is 1. The average molecular weight is 63.0 g/mol. The number of rotatable bonds is 0. The van der Waals surface area contributed by atoms with Crippen LogP contribution in [-0.4, -0.2) is 11.2 Å². The van der Waals surface area contributed by atoms with Gasteiger partial charge in [0.1, 0.15) is 0 Å². The van der Waals surface area contributed by atoms with Crippen LogP contribution in [0.5, 0.6) is 0 Å². The van der Waals surface area contributed by atoms with Gasteiger partial charge in [0, 0.05) is 0 Å². The van der Waals surface area contributed by atoms with E-state index in [1.807, 2.05) is 0 Å². The minimum Gasteiger partial charge on any atom is -0.465 e. The van der Waals surface area contributed by atoms with E-state index in [9.17, 15) is 0 Å². The lowest BCUT2D eigenvalue weighted by Gasteiger charge is -1.61. The quantitative estimate of drug-likeness (QED) is 0.402. The van der Waals surface area contributed by atoms with E-state index >= 15 is 0 Å². The highest BCUT2D eigenvalue weighted by molar-refractivity contribution is 5.61. The molecule has 0 radical (unpaired) electrons. The van der Waals surface area contributed by atoms with Crippen LogP contribution in [0.25, 0.3) is 0 Å². The van der Waals surface area contributed by atoms with Crippen molar-refractivity contribution in [2.75, 3.05) is 0 Å². The molecular weight excluding hydrogens is 60.0 g/mol. The number of carbonyl (C=O) groups is 1. The van der Waals surface area contributed by atoms with Crippen LogP contribution < -0.4 is 5.73 Å². The third kappa shape index (κ3) is 0.174. The van der Waals surface area contributed by atoms with Crippen molar-refractivity contribution < 1.29 is 9.90 Å². The summed E-state index contributed by atoms with van der Waals surface area (Å²) >= 11 is 0. The molecule has 0 aliphatic rings. The lowest BCUT2D eigenvalue weighted by Crippen LogP contribution is -2.03. The second kappa shape index (κ2) is 0.711. The van der Waals surface area contributed by atoms with Crippen molar-refractivity contribution in [3.63, 3.8) is 0 Å². The SMILES string of the molecule is N[14C](=O)O. The highest BCUT2D eigenvalue weighted by Gasteiger charge is 1.65. The molecule has 3 heteroatoms. The van der Waals surface area contributed by atoms with Gasteiger partial charge in [-0.15, -0.1) is 0 Å². The van der Waals surface area contributed by atoms with Gasteiger partial charge in [-0.1, -0.05) is 0 Å². The van der Waals surface area contributed by atoms with Crippen molar-refractivity contribution in [2.45, 2.75) is 0 Å². The van der Waals surface area contributed by atoms with E-state index in [2.05, 4.69) is 5.73 Å². The van der Waals surface area contributed by atoms with Gasteiger partial charge in [0.05, 0.1) is 0 Å². The van der Waals surface area contributed by atoms with Crippen molar-refractivity contribution in [1.29, 1.82) is 0 Å². The first-order valence-corrected chi connectivity index (χ1v) is 0.716. The molecule has 24 valence electrons. The Morgan fingerprint density at radius 3 is 2.00 bits per heavy atom. The third-order valence-corrected chi connectivity index (χ3v) is 0. The lowest BCUT2D eigenvalue weighted by molar-refractivity contribution is 0.205. The van der Waals surface area contributed by atoms with Crippen molar-refractivity contribution >= 4 is 6.09 Å². The van der Waals surface area contributed by atoms with Gasteiger partial charge >= 0.3 is 6.09 Å². The Kier molecular flexibility index (Phi) is 0.581. The summed E-state index contributed by atoms with van der Waals surface area (Å²) in [5, 5.41) is 7.19. The van der Waals surface area contributed by atoms with Crippen molar-refractivity contribution in [3.8, 4) is 0 Å². The molecule has 0 bridgehead atoms. The van der Waals surface area contributed by atoms with E-state index in [0.29, 0.717) is 0 Å². The molecule has 3 nitrogen and oxygen atoms in total. The predicted molar refractivity (Wildman–Crippen MR) is 12.2 cm³/mol. The van der Waals surface area contributed by atoms with Crippen molar-refractivity contribution in [1.82, 2.24) is 0 Å². The second-order valence-corrected chi connectivity index (χ2v) is 0.338. The Bertz CT molecular complexity index is 29.0. The molecule has 0 aliphatic heterocycles. The molecule has 0 spiro atoms. The minimum absolute atomic E-state index is 1.33. The van der Waals surface area contributed by atoms with E-state index in [1.165, 1.54) is 0 Å². The van der Waals surface area contributed by atoms with Crippen molar-refractivity contribution in [2.24, 2.45) is 5.73 Å². The maximum Gasteiger partial charge on any atom is 0.402 e. The van der Waals surface area contributed by atoms with E-state index < -0.39 is 6.09 Å². The zero-order valence-electron chi connectivity index (χ0n) is 1.93. The van der Waals surface area contributed by atoms with Crippen LogP contribution in [0.15, 0.2) is 0 Å².